The Labute approximate surface area is 110 Å². The van der Waals surface area contributed by atoms with Gasteiger partial charge >= 0.3 is 0 Å². The second-order valence-corrected chi connectivity index (χ2v) is 6.14. The monoisotopic (exact) mass is 255 g/mol. The van der Waals surface area contributed by atoms with Crippen molar-refractivity contribution in [2.24, 2.45) is 11.1 Å². The second-order valence-electron chi connectivity index (χ2n) is 6.14. The van der Waals surface area contributed by atoms with Gasteiger partial charge in [0.15, 0.2) is 0 Å². The largest absolute Gasteiger partial charge is 0.327 e. The molecule has 2 atom stereocenters. The molecule has 0 amide bonds. The van der Waals surface area contributed by atoms with Crippen LogP contribution in [0.15, 0.2) is 12.3 Å². The summed E-state index contributed by atoms with van der Waals surface area (Å²) >= 11 is 0. The lowest BCUT2D eigenvalue weighted by molar-refractivity contribution is 0.0371. The summed E-state index contributed by atoms with van der Waals surface area (Å²) in [5, 5.41) is 4.45. The van der Waals surface area contributed by atoms with Crippen LogP contribution in [0.25, 0.3) is 0 Å². The highest BCUT2D eigenvalue weighted by atomic mass is 19.1. The fourth-order valence-electron chi connectivity index (χ4n) is 1.83. The average Bonchev–Trinajstić information content (AvgIpc) is 2.74. The van der Waals surface area contributed by atoms with Crippen LogP contribution in [0, 0.1) is 5.41 Å². The van der Waals surface area contributed by atoms with E-state index in [-0.39, 0.29) is 13.0 Å². The number of hydrogen-bond donors (Lipinski definition) is 1. The van der Waals surface area contributed by atoms with Crippen molar-refractivity contribution in [1.82, 2.24) is 9.78 Å². The number of nitrogens with zero attached hydrogens (tertiary/aromatic N) is 2. The van der Waals surface area contributed by atoms with E-state index >= 15 is 0 Å². The van der Waals surface area contributed by atoms with Crippen molar-refractivity contribution in [2.45, 2.75) is 59.2 Å². The number of nitrogens with two attached hydrogens (primary N) is 1. The summed E-state index contributed by atoms with van der Waals surface area (Å²) in [6, 6.07) is 2.24. The molecule has 2 unspecified atom stereocenters. The molecule has 0 aromatic carbocycles. The van der Waals surface area contributed by atoms with Gasteiger partial charge in [-0.2, -0.15) is 5.10 Å². The third-order valence-electron chi connectivity index (χ3n) is 3.84. The molecule has 1 rings (SSSR count). The molecule has 1 aromatic heterocycles. The van der Waals surface area contributed by atoms with E-state index in [9.17, 15) is 4.39 Å². The molecule has 2 N–H and O–H groups in total. The first-order chi connectivity index (χ1) is 8.23. The Morgan fingerprint density at radius 3 is 2.50 bits per heavy atom. The van der Waals surface area contributed by atoms with Crippen LogP contribution in [0.4, 0.5) is 4.39 Å². The molecule has 1 heterocycles. The molecule has 0 aliphatic carbocycles. The van der Waals surface area contributed by atoms with E-state index in [0.29, 0.717) is 6.04 Å². The van der Waals surface area contributed by atoms with E-state index in [1.165, 1.54) is 0 Å². The Morgan fingerprint density at radius 1 is 1.44 bits per heavy atom. The van der Waals surface area contributed by atoms with Gasteiger partial charge < -0.3 is 5.73 Å². The van der Waals surface area contributed by atoms with E-state index in [1.807, 2.05) is 37.7 Å². The summed E-state index contributed by atoms with van der Waals surface area (Å²) in [5.74, 6) is 0. The number of hydrogen-bond acceptors (Lipinski definition) is 2. The van der Waals surface area contributed by atoms with Crippen LogP contribution < -0.4 is 5.73 Å². The quantitative estimate of drug-likeness (QED) is 0.878. The van der Waals surface area contributed by atoms with Crippen LogP contribution in [-0.4, -0.2) is 22.0 Å². The maximum absolute atomic E-state index is 14.8. The van der Waals surface area contributed by atoms with Crippen LogP contribution in [-0.2, 0) is 6.42 Å². The van der Waals surface area contributed by atoms with Gasteiger partial charge in [-0.1, -0.05) is 27.7 Å². The molecule has 0 bridgehead atoms. The summed E-state index contributed by atoms with van der Waals surface area (Å²) in [5.41, 5.74) is 4.50. The lowest BCUT2D eigenvalue weighted by atomic mass is 9.75. The third kappa shape index (κ3) is 3.10. The number of aromatic nitrogens is 2. The van der Waals surface area contributed by atoms with Crippen molar-refractivity contribution in [2.75, 3.05) is 6.54 Å². The zero-order valence-electron chi connectivity index (χ0n) is 12.2. The average molecular weight is 255 g/mol. The zero-order valence-corrected chi connectivity index (χ0v) is 12.2. The SMILES string of the molecule is CCC(C)n1ccc(CC(F)(CN)C(C)(C)C)n1. The first-order valence-corrected chi connectivity index (χ1v) is 6.66. The van der Waals surface area contributed by atoms with Gasteiger partial charge in [-0.25, -0.2) is 4.39 Å². The van der Waals surface area contributed by atoms with Gasteiger partial charge in [0, 0.05) is 25.2 Å². The normalized spacial score (nSPS) is 17.5. The smallest absolute Gasteiger partial charge is 0.133 e. The minimum absolute atomic E-state index is 0.0205. The minimum Gasteiger partial charge on any atom is -0.327 e. The Bertz CT molecular complexity index is 381. The Morgan fingerprint density at radius 2 is 2.06 bits per heavy atom. The van der Waals surface area contributed by atoms with Crippen molar-refractivity contribution in [3.63, 3.8) is 0 Å². The number of halogens is 1. The molecule has 0 aliphatic heterocycles. The van der Waals surface area contributed by atoms with Crippen LogP contribution in [0.3, 0.4) is 0 Å². The molecule has 0 saturated heterocycles. The fourth-order valence-corrected chi connectivity index (χ4v) is 1.83. The molecular formula is C14H26FN3. The van der Waals surface area contributed by atoms with Gasteiger partial charge in [0.05, 0.1) is 5.69 Å². The maximum atomic E-state index is 14.8. The van der Waals surface area contributed by atoms with E-state index in [2.05, 4.69) is 18.9 Å². The highest BCUT2D eigenvalue weighted by molar-refractivity contribution is 5.08. The second kappa shape index (κ2) is 5.39. The van der Waals surface area contributed by atoms with Gasteiger partial charge in [-0.15, -0.1) is 0 Å². The van der Waals surface area contributed by atoms with E-state index in [0.717, 1.165) is 12.1 Å². The summed E-state index contributed by atoms with van der Waals surface area (Å²) < 4.78 is 16.7. The first-order valence-electron chi connectivity index (χ1n) is 6.66. The van der Waals surface area contributed by atoms with Crippen molar-refractivity contribution in [1.29, 1.82) is 0 Å². The van der Waals surface area contributed by atoms with E-state index in [1.54, 1.807) is 0 Å². The number of rotatable bonds is 5. The minimum atomic E-state index is -1.42. The molecule has 0 spiro atoms. The maximum Gasteiger partial charge on any atom is 0.133 e. The van der Waals surface area contributed by atoms with Crippen molar-refractivity contribution in [3.8, 4) is 0 Å². The standard InChI is InChI=1S/C14H26FN3/c1-6-11(2)18-8-7-12(17-18)9-14(15,10-16)13(3,4)5/h7-8,11H,6,9-10,16H2,1-5H3. The van der Waals surface area contributed by atoms with Crippen molar-refractivity contribution in [3.05, 3.63) is 18.0 Å². The summed E-state index contributed by atoms with van der Waals surface area (Å²) in [4.78, 5) is 0. The molecule has 0 fully saturated rings. The molecule has 4 heteroatoms. The number of alkyl halides is 1. The predicted molar refractivity (Wildman–Crippen MR) is 73.3 cm³/mol. The molecule has 3 nitrogen and oxygen atoms in total. The lowest BCUT2D eigenvalue weighted by Gasteiger charge is -2.36. The Hall–Kier alpha value is -0.900. The van der Waals surface area contributed by atoms with Crippen molar-refractivity contribution < 1.29 is 4.39 Å². The van der Waals surface area contributed by atoms with Gasteiger partial charge in [0.25, 0.3) is 0 Å². The van der Waals surface area contributed by atoms with Gasteiger partial charge in [0.2, 0.25) is 0 Å². The van der Waals surface area contributed by atoms with E-state index in [4.69, 9.17) is 5.73 Å². The van der Waals surface area contributed by atoms with Crippen LogP contribution in [0.5, 0.6) is 0 Å². The van der Waals surface area contributed by atoms with Crippen LogP contribution in [0.2, 0.25) is 0 Å². The third-order valence-corrected chi connectivity index (χ3v) is 3.84. The molecule has 0 saturated carbocycles. The molecule has 18 heavy (non-hydrogen) atoms. The fraction of sp³-hybridized carbons (Fsp3) is 0.786. The molecular weight excluding hydrogens is 229 g/mol. The highest BCUT2D eigenvalue weighted by Crippen LogP contribution is 2.36. The molecule has 0 radical (unpaired) electrons. The van der Waals surface area contributed by atoms with Crippen LogP contribution in [0.1, 0.15) is 52.8 Å². The van der Waals surface area contributed by atoms with Crippen LogP contribution >= 0.6 is 0 Å². The molecule has 1 aromatic rings. The molecule has 104 valence electrons. The van der Waals surface area contributed by atoms with Gasteiger partial charge in [0.1, 0.15) is 5.67 Å². The Balaban J connectivity index is 2.87. The molecule has 0 aliphatic rings. The van der Waals surface area contributed by atoms with Crippen molar-refractivity contribution >= 4 is 0 Å². The zero-order chi connectivity index (χ0) is 14.0. The summed E-state index contributed by atoms with van der Waals surface area (Å²) in [7, 11) is 0. The summed E-state index contributed by atoms with van der Waals surface area (Å²) in [6.45, 7) is 9.88. The Kier molecular flexibility index (Phi) is 4.54. The topological polar surface area (TPSA) is 43.8 Å². The van der Waals surface area contributed by atoms with Gasteiger partial charge in [-0.05, 0) is 24.8 Å². The highest BCUT2D eigenvalue weighted by Gasteiger charge is 2.41. The van der Waals surface area contributed by atoms with E-state index < -0.39 is 11.1 Å². The first kappa shape index (κ1) is 15.2. The van der Waals surface area contributed by atoms with Gasteiger partial charge in [-0.3, -0.25) is 4.68 Å². The lowest BCUT2D eigenvalue weighted by Crippen LogP contribution is -2.47. The summed E-state index contributed by atoms with van der Waals surface area (Å²) in [6.07, 6.45) is 3.21. The predicted octanol–water partition coefficient (Wildman–Crippen LogP) is 3.11.